The van der Waals surface area contributed by atoms with E-state index in [1.54, 1.807) is 26.0 Å². The maximum absolute atomic E-state index is 14.6. The van der Waals surface area contributed by atoms with Gasteiger partial charge in [0.05, 0.1) is 30.4 Å². The number of nitrogens with zero attached hydrogens (tertiary/aromatic N) is 1. The number of ether oxygens (including phenoxy) is 2. The van der Waals surface area contributed by atoms with Crippen molar-refractivity contribution in [2.75, 3.05) is 18.1 Å². The van der Waals surface area contributed by atoms with Crippen LogP contribution in [0.4, 0.5) is 14.5 Å². The van der Waals surface area contributed by atoms with E-state index in [4.69, 9.17) is 15.2 Å². The molecule has 2 heterocycles. The Bertz CT molecular complexity index is 1570. The van der Waals surface area contributed by atoms with Crippen LogP contribution in [0.3, 0.4) is 0 Å². The summed E-state index contributed by atoms with van der Waals surface area (Å²) in [6, 6.07) is 14.8. The van der Waals surface area contributed by atoms with Crippen molar-refractivity contribution in [3.8, 4) is 0 Å². The van der Waals surface area contributed by atoms with E-state index in [2.05, 4.69) is 0 Å². The number of benzene rings is 2. The molecule has 41 heavy (non-hydrogen) atoms. The predicted molar refractivity (Wildman–Crippen MR) is 150 cm³/mol. The van der Waals surface area contributed by atoms with Crippen molar-refractivity contribution < 1.29 is 32.6 Å². The van der Waals surface area contributed by atoms with E-state index in [0.29, 0.717) is 5.70 Å². The largest absolute Gasteiger partial charge is 0.465 e. The van der Waals surface area contributed by atoms with Crippen LogP contribution in [0.15, 0.2) is 88.7 Å². The number of anilines is 1. The van der Waals surface area contributed by atoms with Crippen LogP contribution in [-0.2, 0) is 23.9 Å². The second-order valence-electron chi connectivity index (χ2n) is 9.60. The summed E-state index contributed by atoms with van der Waals surface area (Å²) in [5.74, 6) is -6.27. The molecule has 1 aliphatic heterocycles. The molecule has 212 valence electrons. The molecule has 3 atom stereocenters. The molecule has 1 aliphatic carbocycles. The van der Waals surface area contributed by atoms with Crippen LogP contribution >= 0.6 is 11.3 Å². The van der Waals surface area contributed by atoms with Gasteiger partial charge in [-0.25, -0.2) is 13.6 Å². The van der Waals surface area contributed by atoms with Crippen molar-refractivity contribution in [2.24, 2.45) is 11.7 Å². The van der Waals surface area contributed by atoms with E-state index in [1.807, 2.05) is 17.5 Å². The third kappa shape index (κ3) is 5.15. The van der Waals surface area contributed by atoms with Gasteiger partial charge in [-0.1, -0.05) is 24.3 Å². The number of rotatable bonds is 7. The number of hydrogen-bond donors (Lipinski definition) is 1. The molecule has 3 aromatic rings. The van der Waals surface area contributed by atoms with Gasteiger partial charge in [-0.15, -0.1) is 11.3 Å². The molecule has 10 heteroatoms. The zero-order chi connectivity index (χ0) is 29.3. The summed E-state index contributed by atoms with van der Waals surface area (Å²) in [6.45, 7) is 3.35. The zero-order valence-corrected chi connectivity index (χ0v) is 23.3. The van der Waals surface area contributed by atoms with E-state index in [-0.39, 0.29) is 47.9 Å². The first-order valence-corrected chi connectivity index (χ1v) is 14.1. The maximum atomic E-state index is 14.6. The molecule has 2 aromatic carbocycles. The molecule has 2 aliphatic rings. The lowest BCUT2D eigenvalue weighted by atomic mass is 9.68. The highest BCUT2D eigenvalue weighted by Crippen LogP contribution is 2.52. The molecule has 3 unspecified atom stereocenters. The van der Waals surface area contributed by atoms with Crippen molar-refractivity contribution in [1.82, 2.24) is 0 Å². The van der Waals surface area contributed by atoms with Gasteiger partial charge in [-0.3, -0.25) is 14.5 Å². The summed E-state index contributed by atoms with van der Waals surface area (Å²) >= 11 is 1.39. The lowest BCUT2D eigenvalue weighted by molar-refractivity contribution is -0.152. The first kappa shape index (κ1) is 28.2. The Hall–Kier alpha value is -4.31. The summed E-state index contributed by atoms with van der Waals surface area (Å²) in [5.41, 5.74) is 7.65. The van der Waals surface area contributed by atoms with E-state index >= 15 is 0 Å². The number of carbonyl (C=O) groups excluding carboxylic acids is 3. The number of allylic oxidation sites excluding steroid dienone is 2. The molecule has 2 N–H and O–H groups in total. The summed E-state index contributed by atoms with van der Waals surface area (Å²) in [7, 11) is 0. The van der Waals surface area contributed by atoms with Crippen LogP contribution in [0.25, 0.3) is 0 Å². The van der Waals surface area contributed by atoms with E-state index in [1.165, 1.54) is 52.6 Å². The fourth-order valence-corrected chi connectivity index (χ4v) is 6.50. The first-order chi connectivity index (χ1) is 19.8. The molecule has 0 saturated heterocycles. The van der Waals surface area contributed by atoms with Gasteiger partial charge < -0.3 is 15.2 Å². The first-order valence-electron chi connectivity index (χ1n) is 13.2. The van der Waals surface area contributed by atoms with Gasteiger partial charge in [0.2, 0.25) is 0 Å². The summed E-state index contributed by atoms with van der Waals surface area (Å²) in [4.78, 5) is 43.7. The highest BCUT2D eigenvalue weighted by Gasteiger charge is 2.51. The second kappa shape index (κ2) is 11.7. The summed E-state index contributed by atoms with van der Waals surface area (Å²) < 4.78 is 39.8. The van der Waals surface area contributed by atoms with Crippen LogP contribution in [0, 0.1) is 17.6 Å². The quantitative estimate of drug-likeness (QED) is 0.290. The normalized spacial score (nSPS) is 20.6. The summed E-state index contributed by atoms with van der Waals surface area (Å²) in [5, 5.41) is 1.85. The van der Waals surface area contributed by atoms with Crippen molar-refractivity contribution in [3.63, 3.8) is 0 Å². The average Bonchev–Trinajstić information content (AvgIpc) is 3.47. The van der Waals surface area contributed by atoms with Gasteiger partial charge in [-0.05, 0) is 67.6 Å². The van der Waals surface area contributed by atoms with Crippen LogP contribution < -0.4 is 10.6 Å². The molecule has 0 fully saturated rings. The van der Waals surface area contributed by atoms with Gasteiger partial charge >= 0.3 is 11.9 Å². The minimum atomic E-state index is -1.22. The Balaban J connectivity index is 1.82. The van der Waals surface area contributed by atoms with Gasteiger partial charge in [0.15, 0.2) is 5.78 Å². The number of Topliss-reactive ketones (excluding diaryl/α,β-unsaturated/α-hetero) is 1. The number of carbonyl (C=O) groups is 3. The Morgan fingerprint density at radius 1 is 1.00 bits per heavy atom. The fourth-order valence-electron chi connectivity index (χ4n) is 5.64. The molecule has 0 radical (unpaired) electrons. The molecule has 7 nitrogen and oxygen atoms in total. The van der Waals surface area contributed by atoms with Gasteiger partial charge in [0.1, 0.15) is 23.4 Å². The maximum Gasteiger partial charge on any atom is 0.338 e. The number of hydrogen-bond acceptors (Lipinski definition) is 8. The van der Waals surface area contributed by atoms with E-state index in [0.717, 1.165) is 4.88 Å². The van der Waals surface area contributed by atoms with Crippen LogP contribution in [0.5, 0.6) is 0 Å². The Labute approximate surface area is 239 Å². The number of halogens is 2. The van der Waals surface area contributed by atoms with Crippen LogP contribution in [0.2, 0.25) is 0 Å². The van der Waals surface area contributed by atoms with Crippen LogP contribution in [0.1, 0.15) is 42.5 Å². The van der Waals surface area contributed by atoms with Gasteiger partial charge in [0.25, 0.3) is 0 Å². The van der Waals surface area contributed by atoms with Gasteiger partial charge in [0, 0.05) is 22.1 Å². The number of esters is 2. The molecule has 5 rings (SSSR count). The van der Waals surface area contributed by atoms with Crippen LogP contribution in [-0.4, -0.2) is 30.9 Å². The number of nitrogens with two attached hydrogens (primary N) is 1. The minimum Gasteiger partial charge on any atom is -0.465 e. The molecule has 0 spiro atoms. The number of thiophene rings is 1. The SMILES string of the molecule is CCOC(=O)C1=C(N)N(c2cccc(F)c2)C2=C(C(=O)C(C(=O)OCC)C(c3cccs3)C2)C1c1cccc(F)c1. The Morgan fingerprint density at radius 3 is 2.34 bits per heavy atom. The topological polar surface area (TPSA) is 98.9 Å². The second-order valence-corrected chi connectivity index (χ2v) is 10.6. The smallest absolute Gasteiger partial charge is 0.338 e. The van der Waals surface area contributed by atoms with Crippen molar-refractivity contribution >= 4 is 34.7 Å². The summed E-state index contributed by atoms with van der Waals surface area (Å²) in [6.07, 6.45) is 0.143. The lowest BCUT2D eigenvalue weighted by Gasteiger charge is -2.43. The highest BCUT2D eigenvalue weighted by atomic mass is 32.1. The predicted octanol–water partition coefficient (Wildman–Crippen LogP) is 5.55. The Kier molecular flexibility index (Phi) is 8.03. The molecular weight excluding hydrogens is 550 g/mol. The van der Waals surface area contributed by atoms with E-state index in [9.17, 15) is 23.2 Å². The average molecular weight is 579 g/mol. The van der Waals surface area contributed by atoms with Crippen molar-refractivity contribution in [2.45, 2.75) is 32.1 Å². The third-order valence-electron chi connectivity index (χ3n) is 7.23. The highest BCUT2D eigenvalue weighted by molar-refractivity contribution is 7.10. The van der Waals surface area contributed by atoms with Crippen molar-refractivity contribution in [3.05, 3.63) is 111 Å². The molecule has 0 amide bonds. The zero-order valence-electron chi connectivity index (χ0n) is 22.4. The standard InChI is InChI=1S/C31H28F2N2O5S/c1-3-39-30(37)25-21(23-12-7-13-41-23)16-22-26(28(25)36)24(17-8-5-9-18(32)14-17)27(31(38)40-4-2)29(34)35(22)20-11-6-10-19(33)15-20/h5-15,21,24-25H,3-4,16,34H2,1-2H3. The fraction of sp³-hybridized carbons (Fsp3) is 0.258. The molecule has 1 aromatic heterocycles. The molecule has 0 saturated carbocycles. The monoisotopic (exact) mass is 578 g/mol. The lowest BCUT2D eigenvalue weighted by Crippen LogP contribution is -2.46. The number of ketones is 1. The minimum absolute atomic E-state index is 0.0111. The van der Waals surface area contributed by atoms with Gasteiger partial charge in [-0.2, -0.15) is 0 Å². The Morgan fingerprint density at radius 2 is 1.71 bits per heavy atom. The third-order valence-corrected chi connectivity index (χ3v) is 8.24. The molecule has 0 bridgehead atoms. The van der Waals surface area contributed by atoms with E-state index < -0.39 is 47.1 Å². The molecular formula is C31H28F2N2O5S. The van der Waals surface area contributed by atoms with Crippen molar-refractivity contribution in [1.29, 1.82) is 0 Å².